The molecule has 9 nitrogen and oxygen atoms in total. The lowest BCUT2D eigenvalue weighted by Gasteiger charge is -2.12. The molecular formula is C15H11BrClF3N6O3. The number of rotatable bonds is 3. The Labute approximate surface area is 172 Å². The number of pyridine rings is 1. The molecule has 0 aliphatic heterocycles. The first-order valence-electron chi connectivity index (χ1n) is 7.76. The van der Waals surface area contributed by atoms with Gasteiger partial charge in [-0.25, -0.2) is 14.8 Å². The summed E-state index contributed by atoms with van der Waals surface area (Å²) in [5.41, 5.74) is -2.28. The van der Waals surface area contributed by atoms with Crippen molar-refractivity contribution >= 4 is 50.4 Å². The number of halogens is 5. The summed E-state index contributed by atoms with van der Waals surface area (Å²) in [5, 5.41) is 1.89. The summed E-state index contributed by atoms with van der Waals surface area (Å²) in [4.78, 5) is 44.3. The van der Waals surface area contributed by atoms with Crippen molar-refractivity contribution in [1.29, 1.82) is 0 Å². The Hall–Kier alpha value is -2.67. The maximum atomic E-state index is 12.7. The van der Waals surface area contributed by atoms with E-state index in [9.17, 15) is 27.6 Å². The summed E-state index contributed by atoms with van der Waals surface area (Å²) in [7, 11) is 2.70. The fourth-order valence-corrected chi connectivity index (χ4v) is 3.29. The Morgan fingerprint density at radius 2 is 1.93 bits per heavy atom. The van der Waals surface area contributed by atoms with Gasteiger partial charge in [0, 0.05) is 20.3 Å². The minimum Gasteiger partial charge on any atom is -0.308 e. The van der Waals surface area contributed by atoms with E-state index in [2.05, 4.69) is 31.2 Å². The molecule has 3 rings (SSSR count). The second kappa shape index (κ2) is 7.30. The van der Waals surface area contributed by atoms with Crippen molar-refractivity contribution in [3.05, 3.63) is 48.4 Å². The van der Waals surface area contributed by atoms with Crippen LogP contribution in [0.2, 0.25) is 5.02 Å². The van der Waals surface area contributed by atoms with E-state index in [0.29, 0.717) is 12.3 Å². The molecule has 0 spiro atoms. The zero-order valence-electron chi connectivity index (χ0n) is 14.7. The monoisotopic (exact) mass is 494 g/mol. The van der Waals surface area contributed by atoms with Gasteiger partial charge in [-0.05, 0) is 22.0 Å². The molecule has 0 fully saturated rings. The first-order chi connectivity index (χ1) is 13.4. The van der Waals surface area contributed by atoms with Gasteiger partial charge in [0.1, 0.15) is 6.54 Å². The number of nitrogens with one attached hydrogen (secondary N) is 1. The van der Waals surface area contributed by atoms with Crippen LogP contribution in [-0.2, 0) is 31.6 Å². The van der Waals surface area contributed by atoms with Crippen LogP contribution < -0.4 is 16.6 Å². The first-order valence-corrected chi connectivity index (χ1v) is 8.93. The van der Waals surface area contributed by atoms with Gasteiger partial charge >= 0.3 is 11.9 Å². The van der Waals surface area contributed by atoms with Crippen molar-refractivity contribution in [1.82, 2.24) is 23.7 Å². The van der Waals surface area contributed by atoms with Crippen molar-refractivity contribution < 1.29 is 18.0 Å². The van der Waals surface area contributed by atoms with E-state index in [0.717, 1.165) is 9.13 Å². The van der Waals surface area contributed by atoms with Crippen LogP contribution in [0, 0.1) is 0 Å². The van der Waals surface area contributed by atoms with Gasteiger partial charge in [0.2, 0.25) is 5.91 Å². The molecule has 0 aliphatic carbocycles. The summed E-state index contributed by atoms with van der Waals surface area (Å²) in [6.45, 7) is -0.420. The molecule has 0 atom stereocenters. The van der Waals surface area contributed by atoms with Gasteiger partial charge in [-0.2, -0.15) is 13.2 Å². The van der Waals surface area contributed by atoms with Crippen LogP contribution in [-0.4, -0.2) is 29.6 Å². The number of hydrogen-bond acceptors (Lipinski definition) is 5. The van der Waals surface area contributed by atoms with Crippen molar-refractivity contribution in [2.75, 3.05) is 5.32 Å². The smallest absolute Gasteiger partial charge is 0.308 e. The molecule has 0 bridgehead atoms. The molecule has 0 unspecified atom stereocenters. The van der Waals surface area contributed by atoms with Gasteiger partial charge in [-0.1, -0.05) is 11.6 Å². The number of amides is 1. The van der Waals surface area contributed by atoms with E-state index >= 15 is 0 Å². The predicted octanol–water partition coefficient (Wildman–Crippen LogP) is 1.90. The largest absolute Gasteiger partial charge is 0.417 e. The van der Waals surface area contributed by atoms with Crippen molar-refractivity contribution in [2.45, 2.75) is 12.7 Å². The van der Waals surface area contributed by atoms with Gasteiger partial charge in [-0.3, -0.25) is 23.3 Å². The maximum Gasteiger partial charge on any atom is 0.417 e. The maximum absolute atomic E-state index is 12.7. The van der Waals surface area contributed by atoms with Crippen LogP contribution in [0.5, 0.6) is 0 Å². The number of aryl methyl sites for hydroxylation is 1. The second-order valence-corrected chi connectivity index (χ2v) is 7.06. The van der Waals surface area contributed by atoms with E-state index in [1.54, 1.807) is 0 Å². The number of alkyl halides is 3. The fourth-order valence-electron chi connectivity index (χ4n) is 2.60. The standard InChI is InChI=1S/C15H11BrClF3N6O3/c1-24-11-9(12(28)25(2)14(24)29)23-13(16)26(11)5-8(27)22-10-7(17)3-6(4-21-10)15(18,19)20/h3-4H,5H2,1-2H3,(H,21,22,27). The van der Waals surface area contributed by atoms with Gasteiger partial charge < -0.3 is 5.32 Å². The third-order valence-corrected chi connectivity index (χ3v) is 4.91. The summed E-state index contributed by atoms with van der Waals surface area (Å²) >= 11 is 8.91. The Balaban J connectivity index is 1.95. The molecule has 1 amide bonds. The van der Waals surface area contributed by atoms with Gasteiger partial charge in [0.05, 0.1) is 10.6 Å². The number of anilines is 1. The Bertz CT molecular complexity index is 1260. The molecule has 3 aromatic heterocycles. The zero-order valence-corrected chi connectivity index (χ0v) is 17.1. The molecule has 0 radical (unpaired) electrons. The molecule has 0 saturated heterocycles. The summed E-state index contributed by atoms with van der Waals surface area (Å²) in [6, 6.07) is 0.639. The zero-order chi connectivity index (χ0) is 21.7. The number of nitrogens with zero attached hydrogens (tertiary/aromatic N) is 5. The van der Waals surface area contributed by atoms with E-state index in [-0.39, 0.29) is 21.7 Å². The highest BCUT2D eigenvalue weighted by Crippen LogP contribution is 2.32. The molecule has 3 heterocycles. The molecular weight excluding hydrogens is 485 g/mol. The third-order valence-electron chi connectivity index (χ3n) is 4.02. The minimum atomic E-state index is -4.63. The molecule has 14 heteroatoms. The molecule has 154 valence electrons. The third kappa shape index (κ3) is 3.79. The molecule has 0 aromatic carbocycles. The SMILES string of the molecule is Cn1c(=O)c2nc(Br)n(CC(=O)Nc3ncc(C(F)(F)F)cc3Cl)c2n(C)c1=O. The van der Waals surface area contributed by atoms with Crippen LogP contribution in [0.25, 0.3) is 11.2 Å². The van der Waals surface area contributed by atoms with Gasteiger partial charge in [-0.15, -0.1) is 0 Å². The number of carbonyl (C=O) groups excluding carboxylic acids is 1. The second-order valence-electron chi connectivity index (χ2n) is 5.95. The van der Waals surface area contributed by atoms with E-state index in [1.807, 2.05) is 0 Å². The van der Waals surface area contributed by atoms with E-state index in [4.69, 9.17) is 11.6 Å². The van der Waals surface area contributed by atoms with Gasteiger partial charge in [0.15, 0.2) is 21.7 Å². The van der Waals surface area contributed by atoms with Crippen LogP contribution in [0.4, 0.5) is 19.0 Å². The average molecular weight is 496 g/mol. The number of fused-ring (bicyclic) bond motifs is 1. The highest BCUT2D eigenvalue weighted by molar-refractivity contribution is 9.10. The Kier molecular flexibility index (Phi) is 5.30. The van der Waals surface area contributed by atoms with Crippen molar-refractivity contribution in [2.24, 2.45) is 14.1 Å². The fraction of sp³-hybridized carbons (Fsp3) is 0.267. The number of hydrogen-bond donors (Lipinski definition) is 1. The highest BCUT2D eigenvalue weighted by Gasteiger charge is 2.31. The number of carbonyl (C=O) groups is 1. The number of imidazole rings is 1. The van der Waals surface area contributed by atoms with Gasteiger partial charge in [0.25, 0.3) is 5.56 Å². The lowest BCUT2D eigenvalue weighted by molar-refractivity contribution is -0.137. The topological polar surface area (TPSA) is 104 Å². The summed E-state index contributed by atoms with van der Waals surface area (Å²) in [5.74, 6) is -0.984. The quantitative estimate of drug-likeness (QED) is 0.559. The van der Waals surface area contributed by atoms with Crippen LogP contribution in [0.1, 0.15) is 5.56 Å². The van der Waals surface area contributed by atoms with Crippen molar-refractivity contribution in [3.8, 4) is 0 Å². The first kappa shape index (κ1) is 21.0. The van der Waals surface area contributed by atoms with Crippen LogP contribution >= 0.6 is 27.5 Å². The Morgan fingerprint density at radius 1 is 1.28 bits per heavy atom. The lowest BCUT2D eigenvalue weighted by atomic mass is 10.3. The van der Waals surface area contributed by atoms with E-state index in [1.165, 1.54) is 18.7 Å². The molecule has 3 aromatic rings. The summed E-state index contributed by atoms with van der Waals surface area (Å²) in [6.07, 6.45) is -4.09. The van der Waals surface area contributed by atoms with E-state index < -0.39 is 40.5 Å². The normalized spacial score (nSPS) is 11.8. The molecule has 1 N–H and O–H groups in total. The van der Waals surface area contributed by atoms with Crippen LogP contribution in [0.15, 0.2) is 26.6 Å². The summed E-state index contributed by atoms with van der Waals surface area (Å²) < 4.78 is 41.4. The molecule has 29 heavy (non-hydrogen) atoms. The molecule has 0 aliphatic rings. The van der Waals surface area contributed by atoms with Crippen molar-refractivity contribution in [3.63, 3.8) is 0 Å². The highest BCUT2D eigenvalue weighted by atomic mass is 79.9. The molecule has 0 saturated carbocycles. The Morgan fingerprint density at radius 3 is 2.52 bits per heavy atom. The number of aromatic nitrogens is 5. The average Bonchev–Trinajstić information content (AvgIpc) is 2.95. The van der Waals surface area contributed by atoms with Crippen LogP contribution in [0.3, 0.4) is 0 Å². The minimum absolute atomic E-state index is 0.0417. The lowest BCUT2D eigenvalue weighted by Crippen LogP contribution is -2.37. The predicted molar refractivity (Wildman–Crippen MR) is 101 cm³/mol.